The molecule has 0 aliphatic carbocycles. The molecule has 1 heterocycles. The highest BCUT2D eigenvalue weighted by molar-refractivity contribution is 5.15. The smallest absolute Gasteiger partial charge is 0.0309 e. The van der Waals surface area contributed by atoms with Crippen LogP contribution in [0, 0.1) is 0 Å². The predicted octanol–water partition coefficient (Wildman–Crippen LogP) is 3.13. The molecule has 0 spiro atoms. The Labute approximate surface area is 87.3 Å². The first-order valence-corrected chi connectivity index (χ1v) is 5.44. The van der Waals surface area contributed by atoms with Gasteiger partial charge in [-0.2, -0.15) is 0 Å². The fraction of sp³-hybridized carbons (Fsp3) is 0.667. The molecule has 0 unspecified atom stereocenters. The van der Waals surface area contributed by atoms with Crippen molar-refractivity contribution in [1.82, 2.24) is 9.88 Å². The molecule has 0 aromatic carbocycles. The molecule has 0 amide bonds. The molecule has 1 rings (SSSR count). The molecule has 0 aliphatic rings. The summed E-state index contributed by atoms with van der Waals surface area (Å²) in [5, 5.41) is 3.50. The van der Waals surface area contributed by atoms with Crippen molar-refractivity contribution >= 4 is 0 Å². The van der Waals surface area contributed by atoms with Crippen LogP contribution in [0.5, 0.6) is 0 Å². The second-order valence-corrected chi connectivity index (χ2v) is 4.53. The van der Waals surface area contributed by atoms with Crippen LogP contribution < -0.4 is 5.32 Å². The van der Waals surface area contributed by atoms with Crippen LogP contribution in [0.1, 0.15) is 52.3 Å². The largest absolute Gasteiger partial charge is 0.351 e. The molecule has 80 valence electrons. The van der Waals surface area contributed by atoms with Crippen LogP contribution in [0.4, 0.5) is 0 Å². The summed E-state index contributed by atoms with van der Waals surface area (Å²) < 4.78 is 2.24. The lowest BCUT2D eigenvalue weighted by atomic mass is 10.1. The quantitative estimate of drug-likeness (QED) is 0.779. The number of aromatic nitrogens is 1. The predicted molar refractivity (Wildman–Crippen MR) is 61.5 cm³/mol. The maximum absolute atomic E-state index is 3.50. The van der Waals surface area contributed by atoms with E-state index in [0.717, 1.165) is 0 Å². The van der Waals surface area contributed by atoms with E-state index in [9.17, 15) is 0 Å². The monoisotopic (exact) mass is 194 g/mol. The molecule has 0 fully saturated rings. The first-order valence-electron chi connectivity index (χ1n) is 5.44. The highest BCUT2D eigenvalue weighted by Gasteiger charge is 2.08. The van der Waals surface area contributed by atoms with Gasteiger partial charge in [-0.1, -0.05) is 13.8 Å². The lowest BCUT2D eigenvalue weighted by Crippen LogP contribution is -2.25. The van der Waals surface area contributed by atoms with E-state index < -0.39 is 0 Å². The van der Waals surface area contributed by atoms with Gasteiger partial charge in [0.05, 0.1) is 0 Å². The fourth-order valence-electron chi connectivity index (χ4n) is 1.60. The minimum absolute atomic E-state index is 0.440. The van der Waals surface area contributed by atoms with Crippen LogP contribution in [0.25, 0.3) is 0 Å². The standard InChI is InChI=1S/C12H22N2/c1-9(2)13-11(5)12-6-7-14(8-12)10(3)4/h6-11,13H,1-5H3/t11-/m0/s1. The zero-order valence-electron chi connectivity index (χ0n) is 9.91. The zero-order valence-corrected chi connectivity index (χ0v) is 9.91. The summed E-state index contributed by atoms with van der Waals surface area (Å²) in [7, 11) is 0. The second kappa shape index (κ2) is 4.65. The summed E-state index contributed by atoms with van der Waals surface area (Å²) in [6, 6.07) is 3.72. The summed E-state index contributed by atoms with van der Waals surface area (Å²) in [6.07, 6.45) is 4.38. The number of hydrogen-bond donors (Lipinski definition) is 1. The Hall–Kier alpha value is -0.760. The van der Waals surface area contributed by atoms with Gasteiger partial charge in [-0.25, -0.2) is 0 Å². The van der Waals surface area contributed by atoms with Crippen molar-refractivity contribution < 1.29 is 0 Å². The average Bonchev–Trinajstić information content (AvgIpc) is 2.50. The van der Waals surface area contributed by atoms with E-state index in [1.807, 2.05) is 0 Å². The third-order valence-corrected chi connectivity index (χ3v) is 2.42. The number of rotatable bonds is 4. The van der Waals surface area contributed by atoms with Gasteiger partial charge in [-0.15, -0.1) is 0 Å². The van der Waals surface area contributed by atoms with Crippen molar-refractivity contribution in [2.45, 2.75) is 52.7 Å². The molecule has 1 aromatic heterocycles. The molecule has 0 radical (unpaired) electrons. The molecule has 1 N–H and O–H groups in total. The third kappa shape index (κ3) is 2.88. The maximum Gasteiger partial charge on any atom is 0.0309 e. The van der Waals surface area contributed by atoms with Gasteiger partial charge in [0.15, 0.2) is 0 Å². The molecule has 0 aliphatic heterocycles. The summed E-state index contributed by atoms with van der Waals surface area (Å²) in [5.74, 6) is 0. The minimum atomic E-state index is 0.440. The highest BCUT2D eigenvalue weighted by Crippen LogP contribution is 2.16. The zero-order chi connectivity index (χ0) is 10.7. The van der Waals surface area contributed by atoms with Crippen LogP contribution in [-0.4, -0.2) is 10.6 Å². The van der Waals surface area contributed by atoms with Gasteiger partial charge >= 0.3 is 0 Å². The van der Waals surface area contributed by atoms with Crippen LogP contribution in [-0.2, 0) is 0 Å². The van der Waals surface area contributed by atoms with Crippen molar-refractivity contribution in [2.24, 2.45) is 0 Å². The summed E-state index contributed by atoms with van der Waals surface area (Å²) in [4.78, 5) is 0. The van der Waals surface area contributed by atoms with Crippen molar-refractivity contribution in [1.29, 1.82) is 0 Å². The summed E-state index contributed by atoms with van der Waals surface area (Å²) >= 11 is 0. The van der Waals surface area contributed by atoms with E-state index in [1.165, 1.54) is 5.56 Å². The highest BCUT2D eigenvalue weighted by atomic mass is 15.0. The number of nitrogens with zero attached hydrogens (tertiary/aromatic N) is 1. The molecule has 0 saturated heterocycles. The maximum atomic E-state index is 3.50. The Morgan fingerprint density at radius 3 is 2.21 bits per heavy atom. The van der Waals surface area contributed by atoms with Crippen molar-refractivity contribution in [2.75, 3.05) is 0 Å². The Morgan fingerprint density at radius 2 is 1.79 bits per heavy atom. The van der Waals surface area contributed by atoms with Crippen LogP contribution in [0.15, 0.2) is 18.5 Å². The second-order valence-electron chi connectivity index (χ2n) is 4.53. The molecule has 0 saturated carbocycles. The van der Waals surface area contributed by atoms with Gasteiger partial charge < -0.3 is 9.88 Å². The van der Waals surface area contributed by atoms with Gasteiger partial charge in [0.25, 0.3) is 0 Å². The third-order valence-electron chi connectivity index (χ3n) is 2.42. The van der Waals surface area contributed by atoms with Gasteiger partial charge in [0.1, 0.15) is 0 Å². The lowest BCUT2D eigenvalue weighted by molar-refractivity contribution is 0.504. The molecule has 14 heavy (non-hydrogen) atoms. The van der Waals surface area contributed by atoms with Crippen molar-refractivity contribution in [3.8, 4) is 0 Å². The van der Waals surface area contributed by atoms with E-state index >= 15 is 0 Å². The van der Waals surface area contributed by atoms with Gasteiger partial charge in [-0.05, 0) is 32.4 Å². The topological polar surface area (TPSA) is 17.0 Å². The van der Waals surface area contributed by atoms with Crippen LogP contribution >= 0.6 is 0 Å². The summed E-state index contributed by atoms with van der Waals surface area (Å²) in [6.45, 7) is 11.0. The Kier molecular flexibility index (Phi) is 3.76. The van der Waals surface area contributed by atoms with Crippen LogP contribution in [0.2, 0.25) is 0 Å². The fourth-order valence-corrected chi connectivity index (χ4v) is 1.60. The van der Waals surface area contributed by atoms with Gasteiger partial charge in [0.2, 0.25) is 0 Å². The first kappa shape index (κ1) is 11.3. The van der Waals surface area contributed by atoms with E-state index in [4.69, 9.17) is 0 Å². The minimum Gasteiger partial charge on any atom is -0.351 e. The number of hydrogen-bond acceptors (Lipinski definition) is 1. The van der Waals surface area contributed by atoms with Gasteiger partial charge in [0, 0.05) is 30.5 Å². The summed E-state index contributed by atoms with van der Waals surface area (Å²) in [5.41, 5.74) is 1.37. The molecule has 2 nitrogen and oxygen atoms in total. The molecule has 1 atom stereocenters. The van der Waals surface area contributed by atoms with E-state index in [-0.39, 0.29) is 0 Å². The van der Waals surface area contributed by atoms with E-state index in [2.05, 4.69) is 63.0 Å². The lowest BCUT2D eigenvalue weighted by Gasteiger charge is -2.15. The van der Waals surface area contributed by atoms with E-state index in [0.29, 0.717) is 18.1 Å². The normalized spacial score (nSPS) is 13.9. The molecule has 1 aromatic rings. The van der Waals surface area contributed by atoms with Crippen molar-refractivity contribution in [3.63, 3.8) is 0 Å². The SMILES string of the molecule is CC(C)N[C@@H](C)c1ccn(C(C)C)c1. The molecule has 0 bridgehead atoms. The molecular weight excluding hydrogens is 172 g/mol. The number of nitrogens with one attached hydrogen (secondary N) is 1. The molecule has 2 heteroatoms. The first-order chi connectivity index (χ1) is 6.50. The van der Waals surface area contributed by atoms with Crippen LogP contribution in [0.3, 0.4) is 0 Å². The van der Waals surface area contributed by atoms with E-state index in [1.54, 1.807) is 0 Å². The van der Waals surface area contributed by atoms with Gasteiger partial charge in [-0.3, -0.25) is 0 Å². The Morgan fingerprint density at radius 1 is 1.14 bits per heavy atom. The Bertz CT molecular complexity index is 274. The Balaban J connectivity index is 2.66. The average molecular weight is 194 g/mol. The van der Waals surface area contributed by atoms with Crippen molar-refractivity contribution in [3.05, 3.63) is 24.0 Å². The molecular formula is C12H22N2.